The number of rotatable bonds is 4. The van der Waals surface area contributed by atoms with Crippen molar-refractivity contribution in [2.75, 3.05) is 19.5 Å². The molecule has 0 spiro atoms. The van der Waals surface area contributed by atoms with Gasteiger partial charge in [0, 0.05) is 20.4 Å². The zero-order valence-electron chi connectivity index (χ0n) is 8.98. The summed E-state index contributed by atoms with van der Waals surface area (Å²) in [6, 6.07) is 1.81. The molecule has 0 fully saturated rings. The molecule has 5 heteroatoms. The molecular weight excluding hydrogens is 196 g/mol. The number of nitrogens with one attached hydrogen (secondary N) is 1. The summed E-state index contributed by atoms with van der Waals surface area (Å²) in [6.45, 7) is 1.90. The molecule has 1 aromatic heterocycles. The Hall–Kier alpha value is -1.46. The van der Waals surface area contributed by atoms with Gasteiger partial charge >= 0.3 is 0 Å². The Morgan fingerprint density at radius 1 is 1.40 bits per heavy atom. The van der Waals surface area contributed by atoms with Crippen molar-refractivity contribution in [3.05, 3.63) is 24.0 Å². The summed E-state index contributed by atoms with van der Waals surface area (Å²) in [5.74, 6) is -0.354. The summed E-state index contributed by atoms with van der Waals surface area (Å²) in [5, 5.41) is 2.63. The molecule has 1 rings (SSSR count). The number of nitrogens with zero attached hydrogens (tertiary/aromatic N) is 1. The van der Waals surface area contributed by atoms with Gasteiger partial charge in [-0.1, -0.05) is 0 Å². The Morgan fingerprint density at radius 3 is 2.60 bits per heavy atom. The van der Waals surface area contributed by atoms with Crippen molar-refractivity contribution in [2.45, 2.75) is 13.2 Å². The second-order valence-electron chi connectivity index (χ2n) is 3.04. The molecule has 1 heterocycles. The minimum absolute atomic E-state index is 0.354. The third kappa shape index (κ3) is 3.30. The summed E-state index contributed by atoms with van der Waals surface area (Å²) in [5.41, 5.74) is 1.60. The van der Waals surface area contributed by atoms with E-state index in [0.717, 1.165) is 5.56 Å². The molecule has 15 heavy (non-hydrogen) atoms. The molecule has 1 aromatic rings. The number of pyridine rings is 1. The quantitative estimate of drug-likeness (QED) is 0.751. The Bertz CT molecular complexity index is 337. The van der Waals surface area contributed by atoms with Gasteiger partial charge in [0.2, 0.25) is 6.29 Å². The Balaban J connectivity index is 2.65. The zero-order valence-corrected chi connectivity index (χ0v) is 8.98. The third-order valence-corrected chi connectivity index (χ3v) is 1.78. The van der Waals surface area contributed by atoms with Crippen LogP contribution in [0, 0.1) is 6.92 Å². The number of aromatic nitrogens is 1. The summed E-state index contributed by atoms with van der Waals surface area (Å²) >= 11 is 0. The van der Waals surface area contributed by atoms with E-state index in [1.54, 1.807) is 12.4 Å². The molecule has 0 aliphatic carbocycles. The second kappa shape index (κ2) is 5.43. The summed E-state index contributed by atoms with van der Waals surface area (Å²) in [7, 11) is 2.81. The highest BCUT2D eigenvalue weighted by Gasteiger charge is 2.16. The van der Waals surface area contributed by atoms with Gasteiger partial charge in [-0.3, -0.25) is 9.78 Å². The summed E-state index contributed by atoms with van der Waals surface area (Å²) < 4.78 is 9.62. The molecule has 5 nitrogen and oxygen atoms in total. The maximum absolute atomic E-state index is 11.5. The van der Waals surface area contributed by atoms with Gasteiger partial charge in [-0.2, -0.15) is 0 Å². The van der Waals surface area contributed by atoms with Gasteiger partial charge in [0.1, 0.15) is 0 Å². The Labute approximate surface area is 88.4 Å². The van der Waals surface area contributed by atoms with Gasteiger partial charge in [-0.15, -0.1) is 0 Å². The zero-order chi connectivity index (χ0) is 11.3. The predicted octanol–water partition coefficient (Wildman–Crippen LogP) is 0.947. The normalized spacial score (nSPS) is 10.4. The average Bonchev–Trinajstić information content (AvgIpc) is 2.19. The van der Waals surface area contributed by atoms with E-state index in [-0.39, 0.29) is 5.91 Å². The predicted molar refractivity (Wildman–Crippen MR) is 55.4 cm³/mol. The first-order valence-corrected chi connectivity index (χ1v) is 4.45. The maximum atomic E-state index is 11.5. The molecule has 0 atom stereocenters. The van der Waals surface area contributed by atoms with E-state index in [1.165, 1.54) is 14.2 Å². The smallest absolute Gasteiger partial charge is 0.281 e. The van der Waals surface area contributed by atoms with Crippen molar-refractivity contribution in [2.24, 2.45) is 0 Å². The molecule has 0 unspecified atom stereocenters. The highest BCUT2D eigenvalue weighted by atomic mass is 16.7. The lowest BCUT2D eigenvalue weighted by Crippen LogP contribution is -2.31. The van der Waals surface area contributed by atoms with E-state index in [1.807, 2.05) is 13.0 Å². The lowest BCUT2D eigenvalue weighted by molar-refractivity contribution is -0.153. The molecule has 0 aromatic carbocycles. The van der Waals surface area contributed by atoms with Crippen molar-refractivity contribution in [3.63, 3.8) is 0 Å². The molecule has 0 saturated carbocycles. The Kier molecular flexibility index (Phi) is 4.20. The van der Waals surface area contributed by atoms with Gasteiger partial charge in [-0.25, -0.2) is 0 Å². The molecule has 0 aliphatic rings. The maximum Gasteiger partial charge on any atom is 0.281 e. The van der Waals surface area contributed by atoms with Crippen LogP contribution < -0.4 is 5.32 Å². The van der Waals surface area contributed by atoms with Crippen molar-refractivity contribution in [3.8, 4) is 0 Å². The molecule has 1 amide bonds. The van der Waals surface area contributed by atoms with E-state index in [4.69, 9.17) is 9.47 Å². The van der Waals surface area contributed by atoms with Crippen LogP contribution in [0.25, 0.3) is 0 Å². The second-order valence-corrected chi connectivity index (χ2v) is 3.04. The minimum atomic E-state index is -0.898. The lowest BCUT2D eigenvalue weighted by Gasteiger charge is -2.13. The van der Waals surface area contributed by atoms with E-state index in [0.29, 0.717) is 5.69 Å². The van der Waals surface area contributed by atoms with E-state index in [9.17, 15) is 4.79 Å². The number of amides is 1. The van der Waals surface area contributed by atoms with Crippen molar-refractivity contribution in [1.82, 2.24) is 4.98 Å². The first-order valence-electron chi connectivity index (χ1n) is 4.45. The summed E-state index contributed by atoms with van der Waals surface area (Å²) in [4.78, 5) is 15.4. The van der Waals surface area contributed by atoms with Crippen LogP contribution in [0.1, 0.15) is 5.56 Å². The Morgan fingerprint density at radius 2 is 2.07 bits per heavy atom. The van der Waals surface area contributed by atoms with Gasteiger partial charge < -0.3 is 14.8 Å². The summed E-state index contributed by atoms with van der Waals surface area (Å²) in [6.07, 6.45) is 2.37. The molecular formula is C10H14N2O3. The highest BCUT2D eigenvalue weighted by Crippen LogP contribution is 2.08. The highest BCUT2D eigenvalue weighted by molar-refractivity contribution is 5.93. The van der Waals surface area contributed by atoms with Gasteiger partial charge in [0.25, 0.3) is 5.91 Å². The van der Waals surface area contributed by atoms with Gasteiger partial charge in [0.15, 0.2) is 0 Å². The van der Waals surface area contributed by atoms with Crippen molar-refractivity contribution in [1.29, 1.82) is 0 Å². The average molecular weight is 210 g/mol. The largest absolute Gasteiger partial charge is 0.348 e. The number of ether oxygens (including phenoxy) is 2. The fourth-order valence-corrected chi connectivity index (χ4v) is 1.13. The van der Waals surface area contributed by atoms with Crippen molar-refractivity contribution >= 4 is 11.6 Å². The van der Waals surface area contributed by atoms with E-state index >= 15 is 0 Å². The van der Waals surface area contributed by atoms with E-state index < -0.39 is 6.29 Å². The number of hydrogen-bond donors (Lipinski definition) is 1. The van der Waals surface area contributed by atoms with Crippen LogP contribution in [0.4, 0.5) is 5.69 Å². The number of carbonyl (C=O) groups excluding carboxylic acids is 1. The van der Waals surface area contributed by atoms with E-state index in [2.05, 4.69) is 10.3 Å². The third-order valence-electron chi connectivity index (χ3n) is 1.78. The van der Waals surface area contributed by atoms with Crippen LogP contribution in [0.3, 0.4) is 0 Å². The number of anilines is 1. The van der Waals surface area contributed by atoms with Crippen molar-refractivity contribution < 1.29 is 14.3 Å². The molecule has 0 bridgehead atoms. The first kappa shape index (κ1) is 11.6. The minimum Gasteiger partial charge on any atom is -0.348 e. The van der Waals surface area contributed by atoms with Crippen LogP contribution >= 0.6 is 0 Å². The van der Waals surface area contributed by atoms with Crippen LogP contribution in [0.2, 0.25) is 0 Å². The topological polar surface area (TPSA) is 60.5 Å². The van der Waals surface area contributed by atoms with Crippen LogP contribution in [-0.4, -0.2) is 31.4 Å². The molecule has 0 saturated heterocycles. The molecule has 1 N–H and O–H groups in total. The monoisotopic (exact) mass is 210 g/mol. The number of methoxy groups -OCH3 is 2. The first-order chi connectivity index (χ1) is 7.17. The molecule has 0 radical (unpaired) electrons. The lowest BCUT2D eigenvalue weighted by atomic mass is 10.3. The molecule has 82 valence electrons. The van der Waals surface area contributed by atoms with Crippen LogP contribution in [0.5, 0.6) is 0 Å². The van der Waals surface area contributed by atoms with Crippen LogP contribution in [-0.2, 0) is 14.3 Å². The fourth-order valence-electron chi connectivity index (χ4n) is 1.13. The van der Waals surface area contributed by atoms with Gasteiger partial charge in [0.05, 0.1) is 11.9 Å². The van der Waals surface area contributed by atoms with Crippen LogP contribution in [0.15, 0.2) is 18.5 Å². The number of carbonyl (C=O) groups is 1. The standard InChI is InChI=1S/C10H14N2O3/c1-7-4-8(6-11-5-7)12-9(13)10(14-2)15-3/h4-6,10H,1-3H3,(H,12,13). The number of aryl methyl sites for hydroxylation is 1. The number of hydrogen-bond acceptors (Lipinski definition) is 4. The van der Waals surface area contributed by atoms with Gasteiger partial charge in [-0.05, 0) is 18.6 Å². The SMILES string of the molecule is COC(OC)C(=O)Nc1cncc(C)c1. The fraction of sp³-hybridized carbons (Fsp3) is 0.400. The molecule has 0 aliphatic heterocycles.